The summed E-state index contributed by atoms with van der Waals surface area (Å²) >= 11 is 0. The lowest BCUT2D eigenvalue weighted by Gasteiger charge is -2.39. The van der Waals surface area contributed by atoms with E-state index in [2.05, 4.69) is 11.8 Å². The highest BCUT2D eigenvalue weighted by atomic mass is 16.3. The second-order valence-corrected chi connectivity index (χ2v) is 4.89. The zero-order valence-corrected chi connectivity index (χ0v) is 10.7. The van der Waals surface area contributed by atoms with E-state index < -0.39 is 0 Å². The molecule has 1 unspecified atom stereocenters. The number of nitrogens with zero attached hydrogens (tertiary/aromatic N) is 1. The van der Waals surface area contributed by atoms with Crippen LogP contribution in [0.4, 0.5) is 0 Å². The van der Waals surface area contributed by atoms with Crippen molar-refractivity contribution >= 4 is 0 Å². The minimum absolute atomic E-state index is 0.275. The molecule has 1 atom stereocenters. The molecule has 1 saturated carbocycles. The summed E-state index contributed by atoms with van der Waals surface area (Å²) in [6.45, 7) is 4.08. The average molecular weight is 228 g/mol. The zero-order valence-electron chi connectivity index (χ0n) is 10.7. The van der Waals surface area contributed by atoms with Gasteiger partial charge in [0.15, 0.2) is 0 Å². The largest absolute Gasteiger partial charge is 0.395 e. The molecular formula is C13H28N2O. The van der Waals surface area contributed by atoms with E-state index in [0.717, 1.165) is 25.9 Å². The monoisotopic (exact) mass is 228 g/mol. The van der Waals surface area contributed by atoms with Crippen molar-refractivity contribution in [2.45, 2.75) is 64.0 Å². The summed E-state index contributed by atoms with van der Waals surface area (Å²) in [7, 11) is 0. The van der Waals surface area contributed by atoms with Gasteiger partial charge < -0.3 is 10.8 Å². The van der Waals surface area contributed by atoms with Crippen molar-refractivity contribution in [1.82, 2.24) is 4.90 Å². The second-order valence-electron chi connectivity index (χ2n) is 4.89. The molecular weight excluding hydrogens is 200 g/mol. The zero-order chi connectivity index (χ0) is 11.8. The predicted molar refractivity (Wildman–Crippen MR) is 68.4 cm³/mol. The molecule has 1 fully saturated rings. The summed E-state index contributed by atoms with van der Waals surface area (Å²) in [5, 5.41) is 9.21. The van der Waals surface area contributed by atoms with Gasteiger partial charge in [-0.15, -0.1) is 0 Å². The first kappa shape index (κ1) is 13.9. The molecule has 0 heterocycles. The van der Waals surface area contributed by atoms with Gasteiger partial charge in [-0.05, 0) is 32.2 Å². The fourth-order valence-corrected chi connectivity index (χ4v) is 2.99. The van der Waals surface area contributed by atoms with Crippen LogP contribution in [-0.2, 0) is 0 Å². The molecule has 0 bridgehead atoms. The summed E-state index contributed by atoms with van der Waals surface area (Å²) in [6.07, 6.45) is 8.91. The Morgan fingerprint density at radius 3 is 2.50 bits per heavy atom. The first-order chi connectivity index (χ1) is 7.83. The van der Waals surface area contributed by atoms with Crippen LogP contribution in [0.15, 0.2) is 0 Å². The lowest BCUT2D eigenvalue weighted by atomic mass is 9.92. The number of hydrogen-bond donors (Lipinski definition) is 2. The summed E-state index contributed by atoms with van der Waals surface area (Å²) in [6, 6.07) is 1.26. The Morgan fingerprint density at radius 1 is 1.31 bits per heavy atom. The minimum atomic E-state index is 0.275. The molecule has 0 radical (unpaired) electrons. The second kappa shape index (κ2) is 8.04. The topological polar surface area (TPSA) is 49.5 Å². The van der Waals surface area contributed by atoms with E-state index >= 15 is 0 Å². The van der Waals surface area contributed by atoms with E-state index in [1.807, 2.05) is 0 Å². The van der Waals surface area contributed by atoms with Gasteiger partial charge in [-0.25, -0.2) is 0 Å². The van der Waals surface area contributed by atoms with Gasteiger partial charge in [0.1, 0.15) is 0 Å². The first-order valence-electron chi connectivity index (χ1n) is 6.90. The first-order valence-corrected chi connectivity index (χ1v) is 6.90. The Kier molecular flexibility index (Phi) is 7.01. The Morgan fingerprint density at radius 2 is 2.00 bits per heavy atom. The molecule has 0 saturated heterocycles. The third-order valence-electron chi connectivity index (χ3n) is 3.84. The summed E-state index contributed by atoms with van der Waals surface area (Å²) in [5.41, 5.74) is 5.68. The lowest BCUT2D eigenvalue weighted by Crippen LogP contribution is -2.46. The van der Waals surface area contributed by atoms with Crippen LogP contribution in [0.3, 0.4) is 0 Å². The van der Waals surface area contributed by atoms with Crippen molar-refractivity contribution in [1.29, 1.82) is 0 Å². The normalized spacial score (nSPS) is 20.2. The van der Waals surface area contributed by atoms with Crippen LogP contribution in [0, 0.1) is 0 Å². The highest BCUT2D eigenvalue weighted by molar-refractivity contribution is 4.81. The van der Waals surface area contributed by atoms with Gasteiger partial charge in [0, 0.05) is 18.6 Å². The number of aliphatic hydroxyl groups excluding tert-OH is 1. The van der Waals surface area contributed by atoms with Crippen molar-refractivity contribution in [3.8, 4) is 0 Å². The van der Waals surface area contributed by atoms with E-state index in [4.69, 9.17) is 5.73 Å². The van der Waals surface area contributed by atoms with Crippen molar-refractivity contribution in [3.63, 3.8) is 0 Å². The Labute approximate surface area is 100 Å². The molecule has 0 aromatic heterocycles. The van der Waals surface area contributed by atoms with Crippen molar-refractivity contribution < 1.29 is 5.11 Å². The number of rotatable bonds is 7. The molecule has 0 spiro atoms. The van der Waals surface area contributed by atoms with Gasteiger partial charge in [0.2, 0.25) is 0 Å². The lowest BCUT2D eigenvalue weighted by molar-refractivity contribution is 0.0749. The molecule has 96 valence electrons. The number of aliphatic hydroxyl groups is 1. The third kappa shape index (κ3) is 4.04. The molecule has 0 aromatic rings. The van der Waals surface area contributed by atoms with E-state index in [1.54, 1.807) is 0 Å². The standard InChI is InChI=1S/C13H28N2O/c1-2-12(8-9-14)15(10-11-16)13-6-4-3-5-7-13/h12-13,16H,2-11,14H2,1H3. The summed E-state index contributed by atoms with van der Waals surface area (Å²) in [5.74, 6) is 0. The van der Waals surface area contributed by atoms with Crippen LogP contribution in [0.2, 0.25) is 0 Å². The fraction of sp³-hybridized carbons (Fsp3) is 1.00. The van der Waals surface area contributed by atoms with Crippen LogP contribution in [0.5, 0.6) is 0 Å². The molecule has 16 heavy (non-hydrogen) atoms. The van der Waals surface area contributed by atoms with Crippen LogP contribution in [0.1, 0.15) is 51.9 Å². The maximum absolute atomic E-state index is 9.21. The van der Waals surface area contributed by atoms with Gasteiger partial charge in [-0.1, -0.05) is 26.2 Å². The van der Waals surface area contributed by atoms with Crippen LogP contribution in [-0.4, -0.2) is 41.8 Å². The van der Waals surface area contributed by atoms with Gasteiger partial charge >= 0.3 is 0 Å². The molecule has 3 nitrogen and oxygen atoms in total. The molecule has 1 rings (SSSR count). The van der Waals surface area contributed by atoms with E-state index in [9.17, 15) is 5.11 Å². The summed E-state index contributed by atoms with van der Waals surface area (Å²) < 4.78 is 0. The smallest absolute Gasteiger partial charge is 0.0558 e. The van der Waals surface area contributed by atoms with Gasteiger partial charge in [0.25, 0.3) is 0 Å². The highest BCUT2D eigenvalue weighted by Crippen LogP contribution is 2.25. The van der Waals surface area contributed by atoms with Gasteiger partial charge in [0.05, 0.1) is 6.61 Å². The fourth-order valence-electron chi connectivity index (χ4n) is 2.99. The quantitative estimate of drug-likeness (QED) is 0.698. The molecule has 0 aromatic carbocycles. The molecule has 1 aliphatic carbocycles. The third-order valence-corrected chi connectivity index (χ3v) is 3.84. The minimum Gasteiger partial charge on any atom is -0.395 e. The van der Waals surface area contributed by atoms with E-state index in [1.165, 1.54) is 32.1 Å². The summed E-state index contributed by atoms with van der Waals surface area (Å²) in [4.78, 5) is 2.52. The Bertz CT molecular complexity index is 165. The van der Waals surface area contributed by atoms with E-state index in [0.29, 0.717) is 12.1 Å². The van der Waals surface area contributed by atoms with Crippen molar-refractivity contribution in [2.75, 3.05) is 19.7 Å². The SMILES string of the molecule is CCC(CCN)N(CCO)C1CCCCC1. The van der Waals surface area contributed by atoms with Gasteiger partial charge in [-0.2, -0.15) is 0 Å². The predicted octanol–water partition coefficient (Wildman–Crippen LogP) is 1.74. The van der Waals surface area contributed by atoms with Crippen molar-refractivity contribution in [2.24, 2.45) is 5.73 Å². The molecule has 3 N–H and O–H groups in total. The van der Waals surface area contributed by atoms with Gasteiger partial charge in [-0.3, -0.25) is 4.90 Å². The maximum atomic E-state index is 9.21. The molecule has 0 amide bonds. The number of hydrogen-bond acceptors (Lipinski definition) is 3. The average Bonchev–Trinajstić information content (AvgIpc) is 2.35. The molecule has 0 aliphatic heterocycles. The Hall–Kier alpha value is -0.120. The molecule has 1 aliphatic rings. The highest BCUT2D eigenvalue weighted by Gasteiger charge is 2.25. The van der Waals surface area contributed by atoms with Crippen LogP contribution in [0.25, 0.3) is 0 Å². The van der Waals surface area contributed by atoms with E-state index in [-0.39, 0.29) is 6.61 Å². The van der Waals surface area contributed by atoms with Crippen LogP contribution >= 0.6 is 0 Å². The van der Waals surface area contributed by atoms with Crippen LogP contribution < -0.4 is 5.73 Å². The number of nitrogens with two attached hydrogens (primary N) is 1. The van der Waals surface area contributed by atoms with Crippen molar-refractivity contribution in [3.05, 3.63) is 0 Å². The Balaban J connectivity index is 2.54. The maximum Gasteiger partial charge on any atom is 0.0558 e. The molecule has 3 heteroatoms.